The first-order chi connectivity index (χ1) is 19.0. The van der Waals surface area contributed by atoms with Gasteiger partial charge in [0.1, 0.15) is 18.1 Å². The summed E-state index contributed by atoms with van der Waals surface area (Å²) in [5, 5.41) is 24.1. The normalized spacial score (nSPS) is 17.1. The van der Waals surface area contributed by atoms with Crippen molar-refractivity contribution in [1.82, 2.24) is 20.5 Å². The molecule has 1 saturated heterocycles. The van der Waals surface area contributed by atoms with Gasteiger partial charge in [0, 0.05) is 36.5 Å². The van der Waals surface area contributed by atoms with Gasteiger partial charge in [-0.05, 0) is 43.7 Å². The first kappa shape index (κ1) is 30.1. The van der Waals surface area contributed by atoms with Crippen LogP contribution in [0.4, 0.5) is 0 Å². The molecule has 40 heavy (non-hydrogen) atoms. The number of fused-ring (bicyclic) bond motifs is 1. The fourth-order valence-electron chi connectivity index (χ4n) is 4.76. The number of H-pyrrole nitrogens is 1. The van der Waals surface area contributed by atoms with Crippen LogP contribution < -0.4 is 22.1 Å². The summed E-state index contributed by atoms with van der Waals surface area (Å²) in [6, 6.07) is 2.84. The molecule has 14 heteroatoms. The lowest BCUT2D eigenvalue weighted by molar-refractivity contribution is -0.144. The van der Waals surface area contributed by atoms with Crippen LogP contribution >= 0.6 is 0 Å². The van der Waals surface area contributed by atoms with E-state index in [-0.39, 0.29) is 32.2 Å². The quantitative estimate of drug-likeness (QED) is 0.154. The summed E-state index contributed by atoms with van der Waals surface area (Å²) in [5.41, 5.74) is 13.1. The van der Waals surface area contributed by atoms with E-state index < -0.39 is 66.2 Å². The van der Waals surface area contributed by atoms with Gasteiger partial charge in [-0.15, -0.1) is 0 Å². The number of carboxylic acid groups (broad SMARTS) is 2. The Hall–Kier alpha value is -4.46. The molecule has 0 bridgehead atoms. The minimum absolute atomic E-state index is 0.235. The fraction of sp³-hybridized carbons (Fsp3) is 0.462. The maximum Gasteiger partial charge on any atom is 0.326 e. The van der Waals surface area contributed by atoms with Crippen molar-refractivity contribution < 1.29 is 39.0 Å². The number of carbonyl (C=O) groups is 6. The molecule has 4 amide bonds. The van der Waals surface area contributed by atoms with E-state index in [9.17, 15) is 33.9 Å². The maximum absolute atomic E-state index is 13.3. The van der Waals surface area contributed by atoms with Gasteiger partial charge < -0.3 is 42.2 Å². The van der Waals surface area contributed by atoms with Crippen LogP contribution in [-0.4, -0.2) is 86.4 Å². The number of hydrogen-bond acceptors (Lipinski definition) is 7. The molecule has 0 radical (unpaired) electrons. The predicted octanol–water partition coefficient (Wildman–Crippen LogP) is -0.787. The Kier molecular flexibility index (Phi) is 10.2. The summed E-state index contributed by atoms with van der Waals surface area (Å²) in [6.45, 7) is 0.276. The number of aliphatic carboxylic acids is 2. The highest BCUT2D eigenvalue weighted by atomic mass is 16.4. The van der Waals surface area contributed by atoms with Gasteiger partial charge in [0.2, 0.25) is 23.6 Å². The second-order valence-corrected chi connectivity index (χ2v) is 9.76. The first-order valence-corrected chi connectivity index (χ1v) is 12.9. The van der Waals surface area contributed by atoms with Gasteiger partial charge >= 0.3 is 11.9 Å². The summed E-state index contributed by atoms with van der Waals surface area (Å²) in [6.07, 6.45) is 1.45. The minimum Gasteiger partial charge on any atom is -0.481 e. The number of likely N-dealkylation sites (tertiary alicyclic amines) is 1. The average molecular weight is 559 g/mol. The van der Waals surface area contributed by atoms with Crippen LogP contribution in [0.15, 0.2) is 30.5 Å². The highest BCUT2D eigenvalue weighted by Crippen LogP contribution is 2.22. The molecule has 9 N–H and O–H groups in total. The van der Waals surface area contributed by atoms with Crippen LogP contribution in [-0.2, 0) is 35.2 Å². The van der Waals surface area contributed by atoms with E-state index in [1.165, 1.54) is 4.90 Å². The monoisotopic (exact) mass is 558 g/mol. The lowest BCUT2D eigenvalue weighted by Gasteiger charge is -2.28. The van der Waals surface area contributed by atoms with Crippen molar-refractivity contribution >= 4 is 46.5 Å². The average Bonchev–Trinajstić information content (AvgIpc) is 3.55. The Morgan fingerprint density at radius 1 is 1.02 bits per heavy atom. The van der Waals surface area contributed by atoms with Gasteiger partial charge in [-0.25, -0.2) is 4.79 Å². The number of carboxylic acids is 2. The minimum atomic E-state index is -1.48. The largest absolute Gasteiger partial charge is 0.481 e. The van der Waals surface area contributed by atoms with Crippen molar-refractivity contribution in [2.24, 2.45) is 11.5 Å². The van der Waals surface area contributed by atoms with Crippen LogP contribution in [0.5, 0.6) is 0 Å². The molecule has 216 valence electrons. The maximum atomic E-state index is 13.3. The summed E-state index contributed by atoms with van der Waals surface area (Å²) in [7, 11) is 0. The van der Waals surface area contributed by atoms with Crippen LogP contribution in [0.1, 0.15) is 44.1 Å². The van der Waals surface area contributed by atoms with Gasteiger partial charge in [-0.2, -0.15) is 0 Å². The summed E-state index contributed by atoms with van der Waals surface area (Å²) in [4.78, 5) is 77.5. The smallest absolute Gasteiger partial charge is 0.326 e. The zero-order chi connectivity index (χ0) is 29.4. The Labute approximate surface area is 229 Å². The van der Waals surface area contributed by atoms with E-state index in [1.807, 2.05) is 24.3 Å². The molecule has 14 nitrogen and oxygen atoms in total. The number of benzene rings is 1. The Morgan fingerprint density at radius 2 is 1.73 bits per heavy atom. The number of aromatic nitrogens is 1. The van der Waals surface area contributed by atoms with Gasteiger partial charge in [-0.3, -0.25) is 24.0 Å². The summed E-state index contributed by atoms with van der Waals surface area (Å²) in [5.74, 6) is -5.46. The third-order valence-electron chi connectivity index (χ3n) is 6.84. The molecular formula is C26H34N6O8. The topological polar surface area (TPSA) is 238 Å². The predicted molar refractivity (Wildman–Crippen MR) is 142 cm³/mol. The second kappa shape index (κ2) is 13.6. The molecule has 1 fully saturated rings. The summed E-state index contributed by atoms with van der Waals surface area (Å²) >= 11 is 0. The van der Waals surface area contributed by atoms with Crippen LogP contribution in [0, 0.1) is 0 Å². The number of nitrogens with two attached hydrogens (primary N) is 2. The fourth-order valence-corrected chi connectivity index (χ4v) is 4.76. The van der Waals surface area contributed by atoms with E-state index in [2.05, 4.69) is 15.6 Å². The number of carbonyl (C=O) groups excluding carboxylic acids is 4. The molecule has 4 unspecified atom stereocenters. The van der Waals surface area contributed by atoms with Crippen LogP contribution in [0.2, 0.25) is 0 Å². The Balaban J connectivity index is 1.68. The van der Waals surface area contributed by atoms with Gasteiger partial charge in [0.15, 0.2) is 0 Å². The molecule has 0 aliphatic carbocycles. The molecule has 1 aromatic carbocycles. The number of amides is 4. The zero-order valence-electron chi connectivity index (χ0n) is 21.8. The number of rotatable bonds is 14. The van der Waals surface area contributed by atoms with E-state index in [0.29, 0.717) is 12.8 Å². The molecule has 1 aliphatic rings. The van der Waals surface area contributed by atoms with Crippen molar-refractivity contribution in [3.63, 3.8) is 0 Å². The van der Waals surface area contributed by atoms with Gasteiger partial charge in [-0.1, -0.05) is 18.2 Å². The van der Waals surface area contributed by atoms with Crippen molar-refractivity contribution in [2.75, 3.05) is 6.54 Å². The van der Waals surface area contributed by atoms with Crippen LogP contribution in [0.25, 0.3) is 10.9 Å². The second-order valence-electron chi connectivity index (χ2n) is 9.76. The Morgan fingerprint density at radius 3 is 2.40 bits per heavy atom. The third-order valence-corrected chi connectivity index (χ3v) is 6.84. The molecule has 2 aromatic rings. The number of aromatic amines is 1. The SMILES string of the molecule is NC(=O)CCC(NC(=O)C(CCC(=O)O)NC(=O)C1CCCN1C(=O)C(N)Cc1c[nH]c2ccccc12)C(=O)O. The lowest BCUT2D eigenvalue weighted by Crippen LogP contribution is -2.56. The summed E-state index contributed by atoms with van der Waals surface area (Å²) < 4.78 is 0. The van der Waals surface area contributed by atoms with Gasteiger partial charge in [0.25, 0.3) is 0 Å². The molecule has 4 atom stereocenters. The standard InChI is InChI=1S/C26H34N6O8/c27-16(12-14-13-29-17-5-2-1-4-15(14)17)25(38)32-11-3-6-20(32)24(37)30-18(8-10-22(34)35)23(36)31-19(26(39)40)7-9-21(28)33/h1-2,4-5,13,16,18-20,29H,3,6-12,27H2,(H2,28,33)(H,30,37)(H,31,36)(H,34,35)(H,39,40). The third kappa shape index (κ3) is 7.79. The lowest BCUT2D eigenvalue weighted by atomic mass is 10.0. The van der Waals surface area contributed by atoms with Crippen LogP contribution in [0.3, 0.4) is 0 Å². The highest BCUT2D eigenvalue weighted by molar-refractivity contribution is 5.95. The molecule has 1 aliphatic heterocycles. The molecular weight excluding hydrogens is 524 g/mol. The van der Waals surface area contributed by atoms with E-state index in [0.717, 1.165) is 16.5 Å². The number of primary amides is 1. The van der Waals surface area contributed by atoms with Gasteiger partial charge in [0.05, 0.1) is 6.04 Å². The molecule has 2 heterocycles. The highest BCUT2D eigenvalue weighted by Gasteiger charge is 2.38. The number of nitrogens with zero attached hydrogens (tertiary/aromatic N) is 1. The number of hydrogen-bond donors (Lipinski definition) is 7. The number of nitrogens with one attached hydrogen (secondary N) is 3. The molecule has 0 spiro atoms. The van der Waals surface area contributed by atoms with E-state index in [1.54, 1.807) is 6.20 Å². The van der Waals surface area contributed by atoms with E-state index >= 15 is 0 Å². The van der Waals surface area contributed by atoms with Crippen molar-refractivity contribution in [3.05, 3.63) is 36.0 Å². The zero-order valence-corrected chi connectivity index (χ0v) is 21.8. The van der Waals surface area contributed by atoms with Crippen molar-refractivity contribution in [2.45, 2.75) is 69.1 Å². The molecule has 0 saturated carbocycles. The van der Waals surface area contributed by atoms with Crippen molar-refractivity contribution in [1.29, 1.82) is 0 Å². The van der Waals surface area contributed by atoms with E-state index in [4.69, 9.17) is 16.6 Å². The Bertz CT molecular complexity index is 1280. The number of para-hydroxylation sites is 1. The molecule has 1 aromatic heterocycles. The first-order valence-electron chi connectivity index (χ1n) is 12.9. The molecule has 3 rings (SSSR count). The van der Waals surface area contributed by atoms with Crippen molar-refractivity contribution in [3.8, 4) is 0 Å².